The van der Waals surface area contributed by atoms with Gasteiger partial charge in [0, 0.05) is 12.5 Å². The molecule has 5 N–H and O–H groups in total. The minimum absolute atomic E-state index is 0.155. The summed E-state index contributed by atoms with van der Waals surface area (Å²) in [6.07, 6.45) is 0.962. The van der Waals surface area contributed by atoms with E-state index in [0.29, 0.717) is 0 Å². The molecule has 0 rings (SSSR count). The second-order valence-electron chi connectivity index (χ2n) is 3.00. The van der Waals surface area contributed by atoms with Crippen LogP contribution in [0.4, 0.5) is 0 Å². The zero-order valence-corrected chi connectivity index (χ0v) is 7.86. The van der Waals surface area contributed by atoms with Crippen molar-refractivity contribution < 1.29 is 15.0 Å². The Morgan fingerprint density at radius 2 is 2.00 bits per heavy atom. The molecule has 0 aromatic heterocycles. The summed E-state index contributed by atoms with van der Waals surface area (Å²) in [6, 6.07) is -0.727. The van der Waals surface area contributed by atoms with Crippen molar-refractivity contribution in [3.63, 3.8) is 0 Å². The zero-order chi connectivity index (χ0) is 10.3. The van der Waals surface area contributed by atoms with Crippen LogP contribution in [0.2, 0.25) is 0 Å². The van der Waals surface area contributed by atoms with Crippen LogP contribution in [-0.4, -0.2) is 41.4 Å². The lowest BCUT2D eigenvalue weighted by molar-refractivity contribution is -0.122. The SMILES string of the molecule is CCC(N)CC(=O)NC(CO)CO. The number of nitrogens with two attached hydrogens (primary N) is 1. The van der Waals surface area contributed by atoms with E-state index >= 15 is 0 Å². The summed E-state index contributed by atoms with van der Waals surface area (Å²) in [4.78, 5) is 11.1. The number of carbonyl (C=O) groups is 1. The van der Waals surface area contributed by atoms with Gasteiger partial charge >= 0.3 is 0 Å². The molecule has 0 aliphatic rings. The molecule has 0 aliphatic heterocycles. The van der Waals surface area contributed by atoms with E-state index in [4.69, 9.17) is 15.9 Å². The maximum Gasteiger partial charge on any atom is 0.221 e. The molecule has 0 aliphatic carbocycles. The first-order valence-corrected chi connectivity index (χ1v) is 4.40. The normalized spacial score (nSPS) is 13.0. The molecule has 1 amide bonds. The molecule has 13 heavy (non-hydrogen) atoms. The van der Waals surface area contributed by atoms with Crippen molar-refractivity contribution in [1.82, 2.24) is 5.32 Å². The van der Waals surface area contributed by atoms with Crippen LogP contribution in [-0.2, 0) is 4.79 Å². The van der Waals surface area contributed by atoms with E-state index < -0.39 is 6.04 Å². The van der Waals surface area contributed by atoms with Crippen molar-refractivity contribution >= 4 is 5.91 Å². The monoisotopic (exact) mass is 190 g/mol. The van der Waals surface area contributed by atoms with Gasteiger partial charge in [0.05, 0.1) is 19.3 Å². The van der Waals surface area contributed by atoms with Gasteiger partial charge in [-0.1, -0.05) is 6.92 Å². The maximum absolute atomic E-state index is 11.1. The van der Waals surface area contributed by atoms with Gasteiger partial charge in [0.2, 0.25) is 5.91 Å². The average Bonchev–Trinajstić information content (AvgIpc) is 2.13. The number of aliphatic hydroxyl groups is 2. The van der Waals surface area contributed by atoms with Crippen LogP contribution < -0.4 is 11.1 Å². The first-order valence-electron chi connectivity index (χ1n) is 4.40. The molecule has 0 aromatic carbocycles. The lowest BCUT2D eigenvalue weighted by Gasteiger charge is -2.14. The Balaban J connectivity index is 3.72. The fourth-order valence-corrected chi connectivity index (χ4v) is 0.818. The number of carbonyl (C=O) groups excluding carboxylic acids is 1. The summed E-state index contributed by atoms with van der Waals surface area (Å²) >= 11 is 0. The van der Waals surface area contributed by atoms with E-state index in [-0.39, 0.29) is 31.6 Å². The van der Waals surface area contributed by atoms with Crippen LogP contribution in [0.25, 0.3) is 0 Å². The van der Waals surface area contributed by atoms with Gasteiger partial charge < -0.3 is 21.3 Å². The van der Waals surface area contributed by atoms with Crippen molar-refractivity contribution in [3.8, 4) is 0 Å². The Hall–Kier alpha value is -0.650. The molecule has 0 saturated carbocycles. The van der Waals surface area contributed by atoms with Crippen molar-refractivity contribution in [1.29, 1.82) is 0 Å². The van der Waals surface area contributed by atoms with Crippen LogP contribution in [0.15, 0.2) is 0 Å². The largest absolute Gasteiger partial charge is 0.394 e. The third-order valence-electron chi connectivity index (χ3n) is 1.78. The number of hydrogen-bond donors (Lipinski definition) is 4. The van der Waals surface area contributed by atoms with E-state index in [9.17, 15) is 4.79 Å². The van der Waals surface area contributed by atoms with E-state index in [2.05, 4.69) is 5.32 Å². The van der Waals surface area contributed by atoms with Crippen LogP contribution in [0, 0.1) is 0 Å². The molecule has 0 heterocycles. The highest BCUT2D eigenvalue weighted by molar-refractivity contribution is 5.76. The standard InChI is InChI=1S/C8H18N2O3/c1-2-6(9)3-8(13)10-7(4-11)5-12/h6-7,11-12H,2-5,9H2,1H3,(H,10,13). The van der Waals surface area contributed by atoms with Crippen molar-refractivity contribution in [2.75, 3.05) is 13.2 Å². The number of rotatable bonds is 6. The van der Waals surface area contributed by atoms with Crippen LogP contribution in [0.1, 0.15) is 19.8 Å². The molecule has 0 saturated heterocycles. The summed E-state index contributed by atoms with van der Waals surface area (Å²) in [7, 11) is 0. The van der Waals surface area contributed by atoms with E-state index in [1.165, 1.54) is 0 Å². The van der Waals surface area contributed by atoms with E-state index in [0.717, 1.165) is 6.42 Å². The highest BCUT2D eigenvalue weighted by Crippen LogP contribution is 1.93. The van der Waals surface area contributed by atoms with Gasteiger partial charge in [0.15, 0.2) is 0 Å². The minimum atomic E-state index is -0.573. The Kier molecular flexibility index (Phi) is 6.48. The zero-order valence-electron chi connectivity index (χ0n) is 7.86. The number of aliphatic hydroxyl groups excluding tert-OH is 2. The molecule has 0 spiro atoms. The van der Waals surface area contributed by atoms with Gasteiger partial charge in [0.25, 0.3) is 0 Å². The third-order valence-corrected chi connectivity index (χ3v) is 1.78. The van der Waals surface area contributed by atoms with Gasteiger partial charge in [-0.15, -0.1) is 0 Å². The smallest absolute Gasteiger partial charge is 0.221 e. The molecular formula is C8H18N2O3. The first-order chi connectivity index (χ1) is 6.13. The molecular weight excluding hydrogens is 172 g/mol. The predicted molar refractivity (Wildman–Crippen MR) is 49.0 cm³/mol. The summed E-state index contributed by atoms with van der Waals surface area (Å²) in [5, 5.41) is 19.8. The summed E-state index contributed by atoms with van der Waals surface area (Å²) in [5.74, 6) is -0.234. The topological polar surface area (TPSA) is 95.6 Å². The second kappa shape index (κ2) is 6.82. The van der Waals surface area contributed by atoms with Gasteiger partial charge in [-0.05, 0) is 6.42 Å². The fourth-order valence-electron chi connectivity index (χ4n) is 0.818. The van der Waals surface area contributed by atoms with Crippen LogP contribution in [0.5, 0.6) is 0 Å². The lowest BCUT2D eigenvalue weighted by Crippen LogP contribution is -2.42. The Labute approximate surface area is 77.9 Å². The third kappa shape index (κ3) is 5.57. The number of amides is 1. The molecule has 78 valence electrons. The van der Waals surface area contributed by atoms with Crippen LogP contribution in [0.3, 0.4) is 0 Å². The molecule has 0 aromatic rings. The van der Waals surface area contributed by atoms with Crippen LogP contribution >= 0.6 is 0 Å². The van der Waals surface area contributed by atoms with Crippen molar-refractivity contribution in [2.24, 2.45) is 5.73 Å². The molecule has 0 bridgehead atoms. The summed E-state index contributed by atoms with van der Waals surface area (Å²) < 4.78 is 0. The Bertz CT molecular complexity index is 148. The quantitative estimate of drug-likeness (QED) is 0.413. The lowest BCUT2D eigenvalue weighted by atomic mass is 10.1. The highest BCUT2D eigenvalue weighted by atomic mass is 16.3. The molecule has 1 atom stereocenters. The predicted octanol–water partition coefficient (Wildman–Crippen LogP) is -1.42. The van der Waals surface area contributed by atoms with Gasteiger partial charge in [0.1, 0.15) is 0 Å². The minimum Gasteiger partial charge on any atom is -0.394 e. The highest BCUT2D eigenvalue weighted by Gasteiger charge is 2.12. The van der Waals surface area contributed by atoms with E-state index in [1.807, 2.05) is 6.92 Å². The number of hydrogen-bond acceptors (Lipinski definition) is 4. The van der Waals surface area contributed by atoms with Gasteiger partial charge in [-0.2, -0.15) is 0 Å². The fraction of sp³-hybridized carbons (Fsp3) is 0.875. The van der Waals surface area contributed by atoms with Crippen molar-refractivity contribution in [2.45, 2.75) is 31.8 Å². The molecule has 0 radical (unpaired) electrons. The molecule has 0 fully saturated rings. The summed E-state index contributed by atoms with van der Waals surface area (Å²) in [6.45, 7) is 1.38. The molecule has 5 nitrogen and oxygen atoms in total. The average molecular weight is 190 g/mol. The number of nitrogens with one attached hydrogen (secondary N) is 1. The van der Waals surface area contributed by atoms with Crippen molar-refractivity contribution in [3.05, 3.63) is 0 Å². The Morgan fingerprint density at radius 1 is 1.46 bits per heavy atom. The van der Waals surface area contributed by atoms with Gasteiger partial charge in [-0.3, -0.25) is 4.79 Å². The van der Waals surface area contributed by atoms with E-state index in [1.54, 1.807) is 0 Å². The second-order valence-corrected chi connectivity index (χ2v) is 3.00. The molecule has 5 heteroatoms. The van der Waals surface area contributed by atoms with Gasteiger partial charge in [-0.25, -0.2) is 0 Å². The maximum atomic E-state index is 11.1. The summed E-state index contributed by atoms with van der Waals surface area (Å²) in [5.41, 5.74) is 5.55. The first kappa shape index (κ1) is 12.3. The molecule has 1 unspecified atom stereocenters. The Morgan fingerprint density at radius 3 is 2.38 bits per heavy atom.